The molecule has 2 heterocycles. The SMILES string of the molecule is Cc1nc(OCC2CN(C(=O)OC(C)(C)C)CCO2)sc1S(N)(=O)=O. The lowest BCUT2D eigenvalue weighted by atomic mass is 10.2. The molecule has 1 aliphatic heterocycles. The van der Waals surface area contributed by atoms with Gasteiger partial charge in [0.1, 0.15) is 18.3 Å². The molecule has 1 aromatic rings. The third kappa shape index (κ3) is 5.80. The Hall–Kier alpha value is -1.43. The number of morpholine rings is 1. The van der Waals surface area contributed by atoms with Gasteiger partial charge in [0.25, 0.3) is 5.19 Å². The number of carbonyl (C=O) groups is 1. The summed E-state index contributed by atoms with van der Waals surface area (Å²) in [4.78, 5) is 17.7. The molecular weight excluding hydrogens is 370 g/mol. The van der Waals surface area contributed by atoms with Crippen molar-refractivity contribution in [2.75, 3.05) is 26.3 Å². The number of amides is 1. The van der Waals surface area contributed by atoms with Crippen LogP contribution in [0.15, 0.2) is 4.21 Å². The van der Waals surface area contributed by atoms with Crippen LogP contribution in [-0.4, -0.2) is 62.4 Å². The molecule has 9 nitrogen and oxygen atoms in total. The third-order valence-electron chi connectivity index (χ3n) is 3.18. The van der Waals surface area contributed by atoms with Gasteiger partial charge < -0.3 is 19.1 Å². The van der Waals surface area contributed by atoms with Crippen molar-refractivity contribution in [1.82, 2.24) is 9.88 Å². The second kappa shape index (κ2) is 7.44. The summed E-state index contributed by atoms with van der Waals surface area (Å²) in [6.07, 6.45) is -0.759. The lowest BCUT2D eigenvalue weighted by molar-refractivity contribution is -0.0557. The fraction of sp³-hybridized carbons (Fsp3) is 0.714. The fourth-order valence-electron chi connectivity index (χ4n) is 2.16. The minimum Gasteiger partial charge on any atom is -0.467 e. The average molecular weight is 393 g/mol. The second-order valence-corrected chi connectivity index (χ2v) is 9.35. The minimum atomic E-state index is -3.82. The van der Waals surface area contributed by atoms with Crippen molar-refractivity contribution in [3.63, 3.8) is 0 Å². The molecule has 1 fully saturated rings. The van der Waals surface area contributed by atoms with Gasteiger partial charge in [-0.25, -0.2) is 23.3 Å². The molecule has 0 spiro atoms. The first-order valence-corrected chi connectivity index (χ1v) is 10.0. The van der Waals surface area contributed by atoms with Crippen LogP contribution in [0.2, 0.25) is 0 Å². The van der Waals surface area contributed by atoms with Crippen molar-refractivity contribution in [3.8, 4) is 5.19 Å². The van der Waals surface area contributed by atoms with E-state index in [4.69, 9.17) is 19.3 Å². The Morgan fingerprint density at radius 1 is 1.48 bits per heavy atom. The molecule has 0 bridgehead atoms. The highest BCUT2D eigenvalue weighted by molar-refractivity contribution is 7.91. The first-order valence-electron chi connectivity index (χ1n) is 7.68. The Morgan fingerprint density at radius 3 is 2.72 bits per heavy atom. The van der Waals surface area contributed by atoms with Crippen LogP contribution in [0.5, 0.6) is 5.19 Å². The molecule has 142 valence electrons. The summed E-state index contributed by atoms with van der Waals surface area (Å²) >= 11 is 0.863. The molecule has 25 heavy (non-hydrogen) atoms. The van der Waals surface area contributed by atoms with Crippen LogP contribution in [-0.2, 0) is 19.5 Å². The van der Waals surface area contributed by atoms with Crippen molar-refractivity contribution in [3.05, 3.63) is 5.69 Å². The number of sulfonamides is 1. The molecule has 2 N–H and O–H groups in total. The summed E-state index contributed by atoms with van der Waals surface area (Å²) in [7, 11) is -3.82. The van der Waals surface area contributed by atoms with Gasteiger partial charge in [0.2, 0.25) is 10.0 Å². The number of thiazole rings is 1. The van der Waals surface area contributed by atoms with Crippen molar-refractivity contribution in [1.29, 1.82) is 0 Å². The third-order valence-corrected chi connectivity index (χ3v) is 5.80. The van der Waals surface area contributed by atoms with Crippen LogP contribution in [0, 0.1) is 6.92 Å². The number of ether oxygens (including phenoxy) is 3. The number of hydrogen-bond donors (Lipinski definition) is 1. The van der Waals surface area contributed by atoms with Gasteiger partial charge in [-0.2, -0.15) is 0 Å². The quantitative estimate of drug-likeness (QED) is 0.813. The van der Waals surface area contributed by atoms with Gasteiger partial charge in [0.15, 0.2) is 4.21 Å². The molecule has 1 aromatic heterocycles. The molecule has 0 aliphatic carbocycles. The molecule has 1 atom stereocenters. The zero-order valence-corrected chi connectivity index (χ0v) is 16.3. The smallest absolute Gasteiger partial charge is 0.410 e. The van der Waals surface area contributed by atoms with E-state index < -0.39 is 21.7 Å². The van der Waals surface area contributed by atoms with Gasteiger partial charge in [-0.05, 0) is 27.7 Å². The molecule has 1 amide bonds. The topological polar surface area (TPSA) is 121 Å². The Bertz CT molecular complexity index is 725. The number of carbonyl (C=O) groups excluding carboxylic acids is 1. The maximum atomic E-state index is 12.1. The van der Waals surface area contributed by atoms with Crippen LogP contribution < -0.4 is 9.88 Å². The van der Waals surface area contributed by atoms with Crippen molar-refractivity contribution in [2.45, 2.75) is 43.6 Å². The highest BCUT2D eigenvalue weighted by Gasteiger charge is 2.29. The monoisotopic (exact) mass is 393 g/mol. The highest BCUT2D eigenvalue weighted by atomic mass is 32.2. The molecule has 0 aromatic carbocycles. The van der Waals surface area contributed by atoms with Crippen LogP contribution in [0.4, 0.5) is 4.79 Å². The van der Waals surface area contributed by atoms with E-state index in [0.717, 1.165) is 11.3 Å². The zero-order valence-electron chi connectivity index (χ0n) is 14.6. The summed E-state index contributed by atoms with van der Waals surface area (Å²) in [6.45, 7) is 8.23. The number of nitrogens with two attached hydrogens (primary N) is 1. The van der Waals surface area contributed by atoms with E-state index >= 15 is 0 Å². The van der Waals surface area contributed by atoms with E-state index in [-0.39, 0.29) is 22.1 Å². The number of aromatic nitrogens is 1. The van der Waals surface area contributed by atoms with Crippen LogP contribution in [0.3, 0.4) is 0 Å². The van der Waals surface area contributed by atoms with Crippen LogP contribution in [0.1, 0.15) is 26.5 Å². The molecular formula is C14H23N3O6S2. The lowest BCUT2D eigenvalue weighted by Crippen LogP contribution is -2.49. The summed E-state index contributed by atoms with van der Waals surface area (Å²) in [5, 5.41) is 5.31. The van der Waals surface area contributed by atoms with Crippen LogP contribution >= 0.6 is 11.3 Å². The van der Waals surface area contributed by atoms with Gasteiger partial charge in [-0.15, -0.1) is 0 Å². The van der Waals surface area contributed by atoms with Crippen molar-refractivity contribution < 1.29 is 27.4 Å². The number of hydrogen-bond acceptors (Lipinski definition) is 8. The van der Waals surface area contributed by atoms with Crippen molar-refractivity contribution >= 4 is 27.5 Å². The van der Waals surface area contributed by atoms with E-state index in [1.165, 1.54) is 0 Å². The van der Waals surface area contributed by atoms with Gasteiger partial charge >= 0.3 is 6.09 Å². The standard InChI is InChI=1S/C14H23N3O6S2/c1-9-11(25(15,19)20)24-12(16-9)22-8-10-7-17(5-6-21-10)13(18)23-14(2,3)4/h10H,5-8H2,1-4H3,(H2,15,19,20). The molecule has 1 aliphatic rings. The lowest BCUT2D eigenvalue weighted by Gasteiger charge is -2.33. The first-order chi connectivity index (χ1) is 11.5. The molecule has 2 rings (SSSR count). The number of primary sulfonamides is 1. The average Bonchev–Trinajstić information content (AvgIpc) is 2.85. The minimum absolute atomic E-state index is 0.0255. The number of nitrogens with zero attached hydrogens (tertiary/aromatic N) is 2. The normalized spacial score (nSPS) is 18.9. The fourth-order valence-corrected chi connectivity index (χ4v) is 3.96. The van der Waals surface area contributed by atoms with Gasteiger partial charge in [-0.1, -0.05) is 11.3 Å². The van der Waals surface area contributed by atoms with Crippen molar-refractivity contribution in [2.24, 2.45) is 5.14 Å². The summed E-state index contributed by atoms with van der Waals surface area (Å²) in [6, 6.07) is 0. The number of aryl methyl sites for hydroxylation is 1. The number of rotatable bonds is 4. The molecule has 1 unspecified atom stereocenters. The first kappa shape index (κ1) is 19.9. The maximum absolute atomic E-state index is 12.1. The van der Waals surface area contributed by atoms with Crippen LogP contribution in [0.25, 0.3) is 0 Å². The Morgan fingerprint density at radius 2 is 2.16 bits per heavy atom. The van der Waals surface area contributed by atoms with Gasteiger partial charge in [-0.3, -0.25) is 0 Å². The second-order valence-electron chi connectivity index (χ2n) is 6.63. The predicted octanol–water partition coefficient (Wildman–Crippen LogP) is 1.11. The largest absolute Gasteiger partial charge is 0.467 e. The Labute approximate surface area is 151 Å². The van der Waals surface area contributed by atoms with Gasteiger partial charge in [0, 0.05) is 6.54 Å². The van der Waals surface area contributed by atoms with E-state index in [1.807, 2.05) is 0 Å². The zero-order chi connectivity index (χ0) is 18.8. The van der Waals surface area contributed by atoms with E-state index in [1.54, 1.807) is 32.6 Å². The van der Waals surface area contributed by atoms with E-state index in [9.17, 15) is 13.2 Å². The van der Waals surface area contributed by atoms with E-state index in [0.29, 0.717) is 25.4 Å². The van der Waals surface area contributed by atoms with Gasteiger partial charge in [0.05, 0.1) is 18.8 Å². The highest BCUT2D eigenvalue weighted by Crippen LogP contribution is 2.28. The molecule has 1 saturated heterocycles. The molecule has 0 radical (unpaired) electrons. The Kier molecular flexibility index (Phi) is 5.92. The summed E-state index contributed by atoms with van der Waals surface area (Å²) in [5.74, 6) is 0. The molecule has 11 heteroatoms. The predicted molar refractivity (Wildman–Crippen MR) is 91.3 cm³/mol. The summed E-state index contributed by atoms with van der Waals surface area (Å²) in [5.41, 5.74) is -0.272. The Balaban J connectivity index is 1.92. The maximum Gasteiger partial charge on any atom is 0.410 e. The molecule has 0 saturated carbocycles. The summed E-state index contributed by atoms with van der Waals surface area (Å²) < 4.78 is 39.2. The van der Waals surface area contributed by atoms with E-state index in [2.05, 4.69) is 4.98 Å².